The number of hydrogen-bond donors (Lipinski definition) is 2. The second kappa shape index (κ2) is 4.45. The van der Waals surface area contributed by atoms with Crippen LogP contribution in [-0.4, -0.2) is 5.11 Å². The van der Waals surface area contributed by atoms with Crippen molar-refractivity contribution in [2.45, 2.75) is 6.42 Å². The molecule has 0 saturated carbocycles. The summed E-state index contributed by atoms with van der Waals surface area (Å²) >= 11 is 5.81. The van der Waals surface area contributed by atoms with Crippen LogP contribution in [0.5, 0.6) is 5.75 Å². The Hall–Kier alpha value is -1.67. The number of aromatic hydroxyl groups is 1. The molecule has 0 aliphatic heterocycles. The van der Waals surface area contributed by atoms with E-state index in [1.54, 1.807) is 12.1 Å². The Labute approximate surface area is 99.3 Å². The number of halogens is 1. The van der Waals surface area contributed by atoms with E-state index in [0.717, 1.165) is 22.6 Å². The summed E-state index contributed by atoms with van der Waals surface area (Å²) < 4.78 is 0. The Morgan fingerprint density at radius 2 is 1.75 bits per heavy atom. The first kappa shape index (κ1) is 10.8. The maximum atomic E-state index is 9.24. The van der Waals surface area contributed by atoms with Gasteiger partial charge in [0.15, 0.2) is 0 Å². The molecule has 0 aliphatic rings. The zero-order valence-electron chi connectivity index (χ0n) is 8.65. The second-order valence-corrected chi connectivity index (χ2v) is 4.12. The van der Waals surface area contributed by atoms with Crippen LogP contribution < -0.4 is 5.73 Å². The molecule has 0 saturated heterocycles. The van der Waals surface area contributed by atoms with Gasteiger partial charge in [-0.2, -0.15) is 0 Å². The average Bonchev–Trinajstić information content (AvgIpc) is 2.25. The first-order valence-electron chi connectivity index (χ1n) is 4.97. The maximum Gasteiger partial charge on any atom is 0.117 e. The highest BCUT2D eigenvalue weighted by Crippen LogP contribution is 2.22. The Kier molecular flexibility index (Phi) is 3.02. The molecule has 0 bridgehead atoms. The molecule has 0 unspecified atom stereocenters. The van der Waals surface area contributed by atoms with Gasteiger partial charge in [0.25, 0.3) is 0 Å². The van der Waals surface area contributed by atoms with E-state index in [2.05, 4.69) is 0 Å². The van der Waals surface area contributed by atoms with Gasteiger partial charge in [-0.3, -0.25) is 0 Å². The first-order valence-corrected chi connectivity index (χ1v) is 5.35. The number of benzene rings is 2. The van der Waals surface area contributed by atoms with Crippen LogP contribution in [0.3, 0.4) is 0 Å². The van der Waals surface area contributed by atoms with Crippen molar-refractivity contribution in [2.24, 2.45) is 0 Å². The fourth-order valence-electron chi connectivity index (χ4n) is 1.57. The maximum absolute atomic E-state index is 9.24. The predicted molar refractivity (Wildman–Crippen MR) is 66.8 cm³/mol. The van der Waals surface area contributed by atoms with E-state index in [1.807, 2.05) is 30.3 Å². The van der Waals surface area contributed by atoms with Crippen molar-refractivity contribution in [3.05, 3.63) is 58.6 Å². The van der Waals surface area contributed by atoms with Gasteiger partial charge in [-0.25, -0.2) is 0 Å². The van der Waals surface area contributed by atoms with Gasteiger partial charge in [0, 0.05) is 16.8 Å². The molecule has 2 aromatic carbocycles. The van der Waals surface area contributed by atoms with Crippen molar-refractivity contribution in [3.63, 3.8) is 0 Å². The largest absolute Gasteiger partial charge is 0.508 e. The normalized spacial score (nSPS) is 10.3. The lowest BCUT2D eigenvalue weighted by Crippen LogP contribution is -1.95. The van der Waals surface area contributed by atoms with Gasteiger partial charge in [-0.1, -0.05) is 29.8 Å². The molecular weight excluding hydrogens is 222 g/mol. The molecular formula is C13H12ClNO. The van der Waals surface area contributed by atoms with Gasteiger partial charge in [0.1, 0.15) is 5.75 Å². The molecule has 0 aromatic heterocycles. The number of hydrogen-bond acceptors (Lipinski definition) is 2. The summed E-state index contributed by atoms with van der Waals surface area (Å²) in [5.74, 6) is 0.192. The number of nitrogens with two attached hydrogens (primary N) is 1. The SMILES string of the molecule is Nc1cc(O)ccc1Cc1ccc(Cl)cc1. The zero-order chi connectivity index (χ0) is 11.5. The Morgan fingerprint density at radius 3 is 2.38 bits per heavy atom. The fraction of sp³-hybridized carbons (Fsp3) is 0.0769. The predicted octanol–water partition coefficient (Wildman–Crippen LogP) is 3.22. The van der Waals surface area contributed by atoms with Crippen molar-refractivity contribution < 1.29 is 5.11 Å². The van der Waals surface area contributed by atoms with Gasteiger partial charge in [-0.05, 0) is 35.7 Å². The van der Waals surface area contributed by atoms with Gasteiger partial charge < -0.3 is 10.8 Å². The first-order chi connectivity index (χ1) is 7.65. The molecule has 0 aliphatic carbocycles. The minimum absolute atomic E-state index is 0.192. The molecule has 2 aromatic rings. The number of phenolic OH excluding ortho intramolecular Hbond substituents is 1. The summed E-state index contributed by atoms with van der Waals surface area (Å²) in [7, 11) is 0. The average molecular weight is 234 g/mol. The lowest BCUT2D eigenvalue weighted by Gasteiger charge is -2.06. The standard InChI is InChI=1S/C13H12ClNO/c14-11-4-1-9(2-5-11)7-10-3-6-12(16)8-13(10)15/h1-6,8,16H,7,15H2. The number of anilines is 1. The summed E-state index contributed by atoms with van der Waals surface area (Å²) in [5.41, 5.74) is 8.56. The van der Waals surface area contributed by atoms with Crippen molar-refractivity contribution in [1.82, 2.24) is 0 Å². The molecule has 0 radical (unpaired) electrons. The van der Waals surface area contributed by atoms with E-state index in [9.17, 15) is 5.11 Å². The molecule has 0 spiro atoms. The zero-order valence-corrected chi connectivity index (χ0v) is 9.41. The van der Waals surface area contributed by atoms with Crippen LogP contribution in [0.1, 0.15) is 11.1 Å². The molecule has 2 rings (SSSR count). The van der Waals surface area contributed by atoms with Gasteiger partial charge in [-0.15, -0.1) is 0 Å². The third-order valence-electron chi connectivity index (χ3n) is 2.44. The third-order valence-corrected chi connectivity index (χ3v) is 2.69. The van der Waals surface area contributed by atoms with E-state index >= 15 is 0 Å². The molecule has 2 nitrogen and oxygen atoms in total. The summed E-state index contributed by atoms with van der Waals surface area (Å²) in [6.07, 6.45) is 0.739. The highest BCUT2D eigenvalue weighted by atomic mass is 35.5. The van der Waals surface area contributed by atoms with Crippen LogP contribution in [0.2, 0.25) is 5.02 Å². The van der Waals surface area contributed by atoms with Gasteiger partial charge in [0.2, 0.25) is 0 Å². The number of nitrogen functional groups attached to an aromatic ring is 1. The van der Waals surface area contributed by atoms with Crippen molar-refractivity contribution in [2.75, 3.05) is 5.73 Å². The quantitative estimate of drug-likeness (QED) is 0.783. The monoisotopic (exact) mass is 233 g/mol. The lowest BCUT2D eigenvalue weighted by molar-refractivity contribution is 0.475. The van der Waals surface area contributed by atoms with Crippen LogP contribution in [0.15, 0.2) is 42.5 Å². The topological polar surface area (TPSA) is 46.2 Å². The highest BCUT2D eigenvalue weighted by molar-refractivity contribution is 6.30. The molecule has 0 atom stereocenters. The molecule has 82 valence electrons. The molecule has 0 heterocycles. The van der Waals surface area contributed by atoms with Crippen molar-refractivity contribution in [1.29, 1.82) is 0 Å². The van der Waals surface area contributed by atoms with E-state index in [0.29, 0.717) is 5.69 Å². The third kappa shape index (κ3) is 2.47. The number of phenols is 1. The van der Waals surface area contributed by atoms with Crippen LogP contribution in [0, 0.1) is 0 Å². The second-order valence-electron chi connectivity index (χ2n) is 3.69. The van der Waals surface area contributed by atoms with Crippen LogP contribution >= 0.6 is 11.6 Å². The Balaban J connectivity index is 2.23. The van der Waals surface area contributed by atoms with Crippen LogP contribution in [-0.2, 0) is 6.42 Å². The van der Waals surface area contributed by atoms with E-state index < -0.39 is 0 Å². The molecule has 3 N–H and O–H groups in total. The van der Waals surface area contributed by atoms with E-state index in [4.69, 9.17) is 17.3 Å². The van der Waals surface area contributed by atoms with Crippen LogP contribution in [0.4, 0.5) is 5.69 Å². The fourth-order valence-corrected chi connectivity index (χ4v) is 1.69. The van der Waals surface area contributed by atoms with E-state index in [-0.39, 0.29) is 5.75 Å². The van der Waals surface area contributed by atoms with Gasteiger partial charge in [0.05, 0.1) is 0 Å². The molecule has 0 amide bonds. The smallest absolute Gasteiger partial charge is 0.117 e. The van der Waals surface area contributed by atoms with E-state index in [1.165, 1.54) is 0 Å². The summed E-state index contributed by atoms with van der Waals surface area (Å²) in [5, 5.41) is 9.97. The van der Waals surface area contributed by atoms with Crippen molar-refractivity contribution >= 4 is 17.3 Å². The summed E-state index contributed by atoms with van der Waals surface area (Å²) in [6, 6.07) is 12.7. The minimum Gasteiger partial charge on any atom is -0.508 e. The molecule has 16 heavy (non-hydrogen) atoms. The Bertz CT molecular complexity index is 494. The van der Waals surface area contributed by atoms with Crippen LogP contribution in [0.25, 0.3) is 0 Å². The summed E-state index contributed by atoms with van der Waals surface area (Å²) in [6.45, 7) is 0. The highest BCUT2D eigenvalue weighted by Gasteiger charge is 2.02. The summed E-state index contributed by atoms with van der Waals surface area (Å²) in [4.78, 5) is 0. The number of rotatable bonds is 2. The molecule has 3 heteroatoms. The lowest BCUT2D eigenvalue weighted by atomic mass is 10.0. The minimum atomic E-state index is 0.192. The Morgan fingerprint density at radius 1 is 1.06 bits per heavy atom. The molecule has 0 fully saturated rings. The van der Waals surface area contributed by atoms with Crippen molar-refractivity contribution in [3.8, 4) is 5.75 Å². The van der Waals surface area contributed by atoms with Gasteiger partial charge >= 0.3 is 0 Å².